The Morgan fingerprint density at radius 1 is 1.09 bits per heavy atom. The van der Waals surface area contributed by atoms with Crippen LogP contribution in [0.25, 0.3) is 0 Å². The van der Waals surface area contributed by atoms with Crippen molar-refractivity contribution in [2.45, 2.75) is 51.8 Å². The Labute approximate surface area is 250 Å². The quantitative estimate of drug-likeness (QED) is 0.249. The Morgan fingerprint density at radius 3 is 2.49 bits per heavy atom. The van der Waals surface area contributed by atoms with E-state index in [-0.39, 0.29) is 47.2 Å². The molecule has 0 spiro atoms. The van der Waals surface area contributed by atoms with E-state index in [4.69, 9.17) is 4.74 Å². The van der Waals surface area contributed by atoms with Crippen molar-refractivity contribution >= 4 is 23.2 Å². The molecule has 3 aromatic carbocycles. The molecule has 10 heteroatoms. The number of nitro benzene ring substituents is 1. The Bertz CT molecular complexity index is 1500. The number of amides is 2. The first-order chi connectivity index (χ1) is 20.7. The average Bonchev–Trinajstić information content (AvgIpc) is 3.52. The fourth-order valence-electron chi connectivity index (χ4n) is 5.61. The molecule has 2 heterocycles. The number of aromatic hydroxyl groups is 1. The number of carbonyl (C=O) groups excluding carboxylic acids is 2. The lowest BCUT2D eigenvalue weighted by molar-refractivity contribution is -0.384. The average molecular weight is 585 g/mol. The molecule has 2 aliphatic heterocycles. The van der Waals surface area contributed by atoms with Crippen molar-refractivity contribution in [2.24, 2.45) is 5.92 Å². The van der Waals surface area contributed by atoms with Crippen molar-refractivity contribution in [1.82, 2.24) is 10.2 Å². The van der Waals surface area contributed by atoms with Crippen LogP contribution >= 0.6 is 0 Å². The van der Waals surface area contributed by atoms with Crippen LogP contribution in [0.1, 0.15) is 48.2 Å². The highest BCUT2D eigenvalue weighted by Crippen LogP contribution is 2.37. The summed E-state index contributed by atoms with van der Waals surface area (Å²) in [5, 5.41) is 24.9. The molecule has 3 aromatic rings. The normalized spacial score (nSPS) is 18.6. The highest BCUT2D eigenvalue weighted by atomic mass is 16.6. The van der Waals surface area contributed by atoms with Gasteiger partial charge in [-0.3, -0.25) is 19.7 Å². The maximum Gasteiger partial charge on any atom is 0.293 e. The van der Waals surface area contributed by atoms with E-state index in [0.29, 0.717) is 25.3 Å². The second-order valence-corrected chi connectivity index (χ2v) is 11.3. The highest BCUT2D eigenvalue weighted by Gasteiger charge is 2.40. The summed E-state index contributed by atoms with van der Waals surface area (Å²) in [7, 11) is 0. The van der Waals surface area contributed by atoms with Crippen LogP contribution in [0.2, 0.25) is 0 Å². The summed E-state index contributed by atoms with van der Waals surface area (Å²) >= 11 is 0. The number of anilines is 1. The van der Waals surface area contributed by atoms with Gasteiger partial charge in [0.15, 0.2) is 0 Å². The Kier molecular flexibility index (Phi) is 9.06. The molecule has 1 saturated heterocycles. The zero-order valence-corrected chi connectivity index (χ0v) is 24.3. The van der Waals surface area contributed by atoms with Crippen LogP contribution < -0.4 is 10.2 Å². The van der Waals surface area contributed by atoms with Gasteiger partial charge in [0.1, 0.15) is 17.5 Å². The molecule has 1 fully saturated rings. The number of carbonyl (C=O) groups is 2. The van der Waals surface area contributed by atoms with Gasteiger partial charge in [0.2, 0.25) is 5.91 Å². The molecule has 0 saturated carbocycles. The van der Waals surface area contributed by atoms with Crippen LogP contribution in [0.5, 0.6) is 5.75 Å². The third kappa shape index (κ3) is 6.86. The van der Waals surface area contributed by atoms with Gasteiger partial charge in [0.05, 0.1) is 17.6 Å². The van der Waals surface area contributed by atoms with Crippen LogP contribution in [-0.2, 0) is 22.5 Å². The molecule has 2 N–H and O–H groups in total. The summed E-state index contributed by atoms with van der Waals surface area (Å²) in [6, 6.07) is 20.1. The Hall–Kier alpha value is -4.70. The molecule has 224 valence electrons. The largest absolute Gasteiger partial charge is 0.508 e. The summed E-state index contributed by atoms with van der Waals surface area (Å²) in [5.74, 6) is -0.667. The lowest BCUT2D eigenvalue weighted by Crippen LogP contribution is -2.53. The summed E-state index contributed by atoms with van der Waals surface area (Å²) in [6.07, 6.45) is 3.99. The molecule has 0 radical (unpaired) electrons. The number of hydrogen-bond acceptors (Lipinski definition) is 7. The van der Waals surface area contributed by atoms with Crippen molar-refractivity contribution in [3.05, 3.63) is 111 Å². The predicted octanol–water partition coefficient (Wildman–Crippen LogP) is 5.17. The molecule has 2 atom stereocenters. The van der Waals surface area contributed by atoms with Crippen molar-refractivity contribution in [1.29, 1.82) is 0 Å². The first-order valence-electron chi connectivity index (χ1n) is 14.5. The van der Waals surface area contributed by atoms with Gasteiger partial charge in [-0.1, -0.05) is 56.3 Å². The van der Waals surface area contributed by atoms with Crippen molar-refractivity contribution in [3.8, 4) is 5.75 Å². The van der Waals surface area contributed by atoms with Gasteiger partial charge in [-0.25, -0.2) is 0 Å². The number of ether oxygens (including phenoxy) is 1. The SMILES string of the molecule is CC(C)[C@@H]1C(=O)N(Cc2ccc(O)cc2)C(Cc2ccccc2)=CN1c1ccc(C(=O)NCC2CCCO2)cc1[N+](=O)[O-]. The highest BCUT2D eigenvalue weighted by molar-refractivity contribution is 5.96. The van der Waals surface area contributed by atoms with E-state index < -0.39 is 16.9 Å². The van der Waals surface area contributed by atoms with E-state index in [9.17, 15) is 24.8 Å². The molecule has 2 amide bonds. The van der Waals surface area contributed by atoms with Gasteiger partial charge in [-0.2, -0.15) is 0 Å². The fraction of sp³-hybridized carbons (Fsp3) is 0.333. The van der Waals surface area contributed by atoms with E-state index in [1.165, 1.54) is 6.07 Å². The number of nitro groups is 1. The second kappa shape index (κ2) is 13.1. The van der Waals surface area contributed by atoms with Crippen molar-refractivity contribution < 1.29 is 24.4 Å². The topological polar surface area (TPSA) is 125 Å². The lowest BCUT2D eigenvalue weighted by Gasteiger charge is -2.42. The summed E-state index contributed by atoms with van der Waals surface area (Å²) in [6.45, 7) is 5.10. The second-order valence-electron chi connectivity index (χ2n) is 11.3. The summed E-state index contributed by atoms with van der Waals surface area (Å²) in [5.41, 5.74) is 2.64. The lowest BCUT2D eigenvalue weighted by atomic mass is 9.95. The van der Waals surface area contributed by atoms with Crippen LogP contribution in [0.3, 0.4) is 0 Å². The van der Waals surface area contributed by atoms with Crippen LogP contribution in [0.15, 0.2) is 84.7 Å². The molecule has 0 aromatic heterocycles. The number of benzene rings is 3. The minimum atomic E-state index is -0.727. The molecule has 0 aliphatic carbocycles. The molecule has 0 bridgehead atoms. The third-order valence-electron chi connectivity index (χ3n) is 7.82. The minimum absolute atomic E-state index is 0.0536. The van der Waals surface area contributed by atoms with Crippen molar-refractivity contribution in [2.75, 3.05) is 18.1 Å². The maximum atomic E-state index is 14.2. The number of nitrogens with zero attached hydrogens (tertiary/aromatic N) is 3. The van der Waals surface area contributed by atoms with Gasteiger partial charge >= 0.3 is 0 Å². The van der Waals surface area contributed by atoms with E-state index in [1.54, 1.807) is 46.2 Å². The third-order valence-corrected chi connectivity index (χ3v) is 7.82. The Morgan fingerprint density at radius 2 is 1.84 bits per heavy atom. The van der Waals surface area contributed by atoms with Crippen molar-refractivity contribution in [3.63, 3.8) is 0 Å². The number of allylic oxidation sites excluding steroid dienone is 1. The van der Waals surface area contributed by atoms with Gasteiger partial charge in [0, 0.05) is 43.1 Å². The van der Waals surface area contributed by atoms with E-state index >= 15 is 0 Å². The zero-order valence-electron chi connectivity index (χ0n) is 24.3. The van der Waals surface area contributed by atoms with Gasteiger partial charge in [0.25, 0.3) is 11.6 Å². The van der Waals surface area contributed by atoms with E-state index in [0.717, 1.165) is 24.0 Å². The molecule has 2 aliphatic rings. The predicted molar refractivity (Wildman–Crippen MR) is 162 cm³/mol. The summed E-state index contributed by atoms with van der Waals surface area (Å²) < 4.78 is 5.56. The molecule has 5 rings (SSSR count). The molecule has 10 nitrogen and oxygen atoms in total. The number of phenolic OH excluding ortho intramolecular Hbond substituents is 1. The van der Waals surface area contributed by atoms with Crippen LogP contribution in [0, 0.1) is 16.0 Å². The maximum absolute atomic E-state index is 14.2. The number of phenols is 1. The first kappa shape index (κ1) is 29.8. The monoisotopic (exact) mass is 584 g/mol. The zero-order chi connectivity index (χ0) is 30.5. The molecular formula is C33H36N4O6. The number of hydrogen-bond donors (Lipinski definition) is 2. The Balaban J connectivity index is 1.53. The number of nitrogens with one attached hydrogen (secondary N) is 1. The van der Waals surface area contributed by atoms with E-state index in [2.05, 4.69) is 5.32 Å². The summed E-state index contributed by atoms with van der Waals surface area (Å²) in [4.78, 5) is 42.4. The fourth-order valence-corrected chi connectivity index (χ4v) is 5.61. The molecule has 1 unspecified atom stereocenters. The van der Waals surface area contributed by atoms with Crippen LogP contribution in [-0.4, -0.2) is 52.0 Å². The smallest absolute Gasteiger partial charge is 0.293 e. The molecular weight excluding hydrogens is 548 g/mol. The number of rotatable bonds is 10. The minimum Gasteiger partial charge on any atom is -0.508 e. The molecule has 43 heavy (non-hydrogen) atoms. The van der Waals surface area contributed by atoms with Gasteiger partial charge < -0.3 is 25.0 Å². The van der Waals surface area contributed by atoms with Gasteiger partial charge in [-0.15, -0.1) is 0 Å². The first-order valence-corrected chi connectivity index (χ1v) is 14.5. The van der Waals surface area contributed by atoms with Crippen LogP contribution in [0.4, 0.5) is 11.4 Å². The van der Waals surface area contributed by atoms with Gasteiger partial charge in [-0.05, 0) is 54.2 Å². The standard InChI is InChI=1S/C33H36N4O6/c1-22(2)31-33(40)35(20-24-10-13-27(38)14-11-24)26(17-23-7-4-3-5-8-23)21-36(31)29-15-12-25(18-30(29)37(41)42)32(39)34-19-28-9-6-16-43-28/h3-5,7-8,10-15,18,21-22,28,31,38H,6,9,16-17,19-20H2,1-2H3,(H,34,39)/t28?,31-/m1/s1. The van der Waals surface area contributed by atoms with E-state index in [1.807, 2.05) is 50.4 Å².